The highest BCUT2D eigenvalue weighted by Crippen LogP contribution is 2.32. The predicted octanol–water partition coefficient (Wildman–Crippen LogP) is 2.42. The van der Waals surface area contributed by atoms with Crippen molar-refractivity contribution < 1.29 is 32.2 Å². The van der Waals surface area contributed by atoms with Crippen molar-refractivity contribution in [3.63, 3.8) is 0 Å². The van der Waals surface area contributed by atoms with E-state index < -0.39 is 28.5 Å². The van der Waals surface area contributed by atoms with E-state index in [2.05, 4.69) is 5.32 Å². The summed E-state index contributed by atoms with van der Waals surface area (Å²) in [7, 11) is 0.599. The summed E-state index contributed by atoms with van der Waals surface area (Å²) in [4.78, 5) is 27.7. The minimum Gasteiger partial charge on any atom is -0.497 e. The van der Waals surface area contributed by atoms with Crippen LogP contribution < -0.4 is 23.8 Å². The number of methoxy groups -OCH3 is 3. The van der Waals surface area contributed by atoms with Gasteiger partial charge in [0.05, 0.1) is 33.3 Å². The van der Waals surface area contributed by atoms with Gasteiger partial charge in [-0.1, -0.05) is 19.1 Å². The first-order valence-electron chi connectivity index (χ1n) is 11.5. The highest BCUT2D eigenvalue weighted by molar-refractivity contribution is 7.92. The number of nitrogens with zero attached hydrogens (tertiary/aromatic N) is 2. The topological polar surface area (TPSA) is 114 Å². The van der Waals surface area contributed by atoms with Crippen LogP contribution in [0.2, 0.25) is 0 Å². The van der Waals surface area contributed by atoms with Gasteiger partial charge >= 0.3 is 0 Å². The van der Waals surface area contributed by atoms with E-state index in [9.17, 15) is 18.0 Å². The van der Waals surface area contributed by atoms with E-state index in [-0.39, 0.29) is 18.1 Å². The van der Waals surface area contributed by atoms with Gasteiger partial charge < -0.3 is 24.4 Å². The zero-order valence-corrected chi connectivity index (χ0v) is 22.4. The van der Waals surface area contributed by atoms with Gasteiger partial charge in [-0.15, -0.1) is 0 Å². The van der Waals surface area contributed by atoms with Crippen LogP contribution in [0.3, 0.4) is 0 Å². The second-order valence-electron chi connectivity index (χ2n) is 8.15. The van der Waals surface area contributed by atoms with Gasteiger partial charge in [0.1, 0.15) is 18.3 Å². The van der Waals surface area contributed by atoms with Crippen LogP contribution in [0, 0.1) is 0 Å². The third kappa shape index (κ3) is 7.51. The number of hydrogen-bond donors (Lipinski definition) is 1. The SMILES string of the molecule is CCCNC(=O)[C@H](C)N(Cc1ccc(OC)cc1)C(=O)CN(c1ccc(OC)c(OC)c1)S(C)(=O)=O. The van der Waals surface area contributed by atoms with Crippen LogP contribution in [0.1, 0.15) is 25.8 Å². The summed E-state index contributed by atoms with van der Waals surface area (Å²) in [5, 5.41) is 2.80. The van der Waals surface area contributed by atoms with E-state index in [0.29, 0.717) is 23.8 Å². The van der Waals surface area contributed by atoms with E-state index in [0.717, 1.165) is 22.5 Å². The van der Waals surface area contributed by atoms with Crippen molar-refractivity contribution in [3.8, 4) is 17.2 Å². The highest BCUT2D eigenvalue weighted by Gasteiger charge is 2.30. The lowest BCUT2D eigenvalue weighted by molar-refractivity contribution is -0.139. The predicted molar refractivity (Wildman–Crippen MR) is 138 cm³/mol. The zero-order valence-electron chi connectivity index (χ0n) is 21.6. The number of sulfonamides is 1. The Bertz CT molecular complexity index is 1140. The van der Waals surface area contributed by atoms with Crippen LogP contribution >= 0.6 is 0 Å². The first-order chi connectivity index (χ1) is 17.0. The third-order valence-electron chi connectivity index (χ3n) is 5.56. The van der Waals surface area contributed by atoms with Crippen molar-refractivity contribution in [2.45, 2.75) is 32.9 Å². The maximum absolute atomic E-state index is 13.6. The Morgan fingerprint density at radius 1 is 0.972 bits per heavy atom. The molecule has 0 aromatic heterocycles. The fourth-order valence-corrected chi connectivity index (χ4v) is 4.34. The number of ether oxygens (including phenoxy) is 3. The number of carbonyl (C=O) groups excluding carboxylic acids is 2. The quantitative estimate of drug-likeness (QED) is 0.431. The number of benzene rings is 2. The Labute approximate surface area is 213 Å². The van der Waals surface area contributed by atoms with Crippen molar-refractivity contribution in [2.75, 3.05) is 45.0 Å². The Morgan fingerprint density at radius 2 is 1.61 bits per heavy atom. The summed E-state index contributed by atoms with van der Waals surface area (Å²) in [5.41, 5.74) is 0.993. The molecule has 11 heteroatoms. The van der Waals surface area contributed by atoms with Crippen molar-refractivity contribution in [1.29, 1.82) is 0 Å². The monoisotopic (exact) mass is 521 g/mol. The smallest absolute Gasteiger partial charge is 0.244 e. The van der Waals surface area contributed by atoms with Gasteiger partial charge in [0.2, 0.25) is 21.8 Å². The van der Waals surface area contributed by atoms with Crippen LogP contribution in [0.4, 0.5) is 5.69 Å². The molecule has 0 bridgehead atoms. The fourth-order valence-electron chi connectivity index (χ4n) is 3.50. The van der Waals surface area contributed by atoms with Gasteiger partial charge in [0.25, 0.3) is 0 Å². The highest BCUT2D eigenvalue weighted by atomic mass is 32.2. The maximum atomic E-state index is 13.6. The number of hydrogen-bond acceptors (Lipinski definition) is 7. The number of amides is 2. The van der Waals surface area contributed by atoms with E-state index in [1.807, 2.05) is 6.92 Å². The molecule has 0 heterocycles. The summed E-state index contributed by atoms with van der Waals surface area (Å²) in [6, 6.07) is 10.8. The molecule has 0 saturated heterocycles. The maximum Gasteiger partial charge on any atom is 0.244 e. The van der Waals surface area contributed by atoms with Gasteiger partial charge in [-0.05, 0) is 43.2 Å². The lowest BCUT2D eigenvalue weighted by atomic mass is 10.1. The molecular weight excluding hydrogens is 486 g/mol. The molecule has 36 heavy (non-hydrogen) atoms. The number of rotatable bonds is 13. The first-order valence-corrected chi connectivity index (χ1v) is 13.3. The summed E-state index contributed by atoms with van der Waals surface area (Å²) in [6.07, 6.45) is 1.76. The Kier molecular flexibility index (Phi) is 10.4. The summed E-state index contributed by atoms with van der Waals surface area (Å²) in [6.45, 7) is 3.61. The Morgan fingerprint density at radius 3 is 2.14 bits per heavy atom. The number of anilines is 1. The largest absolute Gasteiger partial charge is 0.497 e. The molecule has 2 amide bonds. The lowest BCUT2D eigenvalue weighted by Gasteiger charge is -2.31. The molecule has 0 aliphatic carbocycles. The van der Waals surface area contributed by atoms with E-state index in [1.54, 1.807) is 44.4 Å². The molecule has 1 atom stereocenters. The lowest BCUT2D eigenvalue weighted by Crippen LogP contribution is -2.51. The van der Waals surface area contributed by atoms with Crippen LogP contribution in [0.5, 0.6) is 17.2 Å². The standard InChI is InChI=1S/C25H35N3O7S/c1-7-14-26-25(30)18(2)27(16-19-8-11-21(33-3)12-9-19)24(29)17-28(36(6,31)32)20-10-13-22(34-4)23(15-20)35-5/h8-13,15,18H,7,14,16-17H2,1-6H3,(H,26,30)/t18-/m0/s1. The van der Waals surface area contributed by atoms with Crippen molar-refractivity contribution in [2.24, 2.45) is 0 Å². The van der Waals surface area contributed by atoms with Crippen LogP contribution in [-0.4, -0.2) is 71.8 Å². The molecule has 0 aliphatic heterocycles. The molecular formula is C25H35N3O7S. The van der Waals surface area contributed by atoms with Crippen LogP contribution in [0.15, 0.2) is 42.5 Å². The van der Waals surface area contributed by atoms with E-state index in [4.69, 9.17) is 14.2 Å². The molecule has 0 unspecified atom stereocenters. The summed E-state index contributed by atoms with van der Waals surface area (Å²) in [5.74, 6) is 0.532. The Hall–Kier alpha value is -3.47. The van der Waals surface area contributed by atoms with E-state index >= 15 is 0 Å². The average molecular weight is 522 g/mol. The van der Waals surface area contributed by atoms with Gasteiger partial charge in [-0.3, -0.25) is 13.9 Å². The second kappa shape index (κ2) is 13.0. The molecule has 0 aliphatic rings. The number of nitrogens with one attached hydrogen (secondary N) is 1. The van der Waals surface area contributed by atoms with Gasteiger partial charge in [-0.2, -0.15) is 0 Å². The zero-order chi connectivity index (χ0) is 26.9. The van der Waals surface area contributed by atoms with Gasteiger partial charge in [-0.25, -0.2) is 8.42 Å². The van der Waals surface area contributed by atoms with Gasteiger partial charge in [0, 0.05) is 19.2 Å². The normalized spacial score (nSPS) is 11.8. The van der Waals surface area contributed by atoms with Crippen LogP contribution in [-0.2, 0) is 26.2 Å². The minimum absolute atomic E-state index is 0.104. The van der Waals surface area contributed by atoms with Gasteiger partial charge in [0.15, 0.2) is 11.5 Å². The number of carbonyl (C=O) groups is 2. The van der Waals surface area contributed by atoms with Crippen molar-refractivity contribution in [3.05, 3.63) is 48.0 Å². The first kappa shape index (κ1) is 28.8. The van der Waals surface area contributed by atoms with E-state index in [1.165, 1.54) is 31.3 Å². The molecule has 0 radical (unpaired) electrons. The minimum atomic E-state index is -3.86. The molecule has 2 rings (SSSR count). The van der Waals surface area contributed by atoms with Crippen LogP contribution in [0.25, 0.3) is 0 Å². The molecule has 1 N–H and O–H groups in total. The molecule has 0 saturated carbocycles. The molecule has 198 valence electrons. The molecule has 0 fully saturated rings. The second-order valence-corrected chi connectivity index (χ2v) is 10.1. The summed E-state index contributed by atoms with van der Waals surface area (Å²) >= 11 is 0. The molecule has 10 nitrogen and oxygen atoms in total. The fraction of sp³-hybridized carbons (Fsp3) is 0.440. The molecule has 0 spiro atoms. The Balaban J connectivity index is 2.41. The summed E-state index contributed by atoms with van der Waals surface area (Å²) < 4.78 is 42.1. The van der Waals surface area contributed by atoms with Crippen molar-refractivity contribution >= 4 is 27.5 Å². The molecule has 2 aromatic rings. The molecule has 2 aromatic carbocycles. The average Bonchev–Trinajstić information content (AvgIpc) is 2.87. The van der Waals surface area contributed by atoms with Crippen molar-refractivity contribution in [1.82, 2.24) is 10.2 Å². The third-order valence-corrected chi connectivity index (χ3v) is 6.70.